The fraction of sp³-hybridized carbons (Fsp3) is 0.458. The minimum absolute atomic E-state index is 0.198. The monoisotopic (exact) mass is 510 g/mol. The quantitative estimate of drug-likeness (QED) is 0.166. The van der Waals surface area contributed by atoms with Gasteiger partial charge in [0.2, 0.25) is 5.91 Å². The van der Waals surface area contributed by atoms with Gasteiger partial charge in [-0.1, -0.05) is 0 Å². The second kappa shape index (κ2) is 10.7. The van der Waals surface area contributed by atoms with Gasteiger partial charge in [-0.25, -0.2) is 4.98 Å². The summed E-state index contributed by atoms with van der Waals surface area (Å²) < 4.78 is 4.90. The molecule has 0 bridgehead atoms. The number of aromatic nitrogens is 4. The number of hydrogen-bond acceptors (Lipinski definition) is 9. The molecule has 13 nitrogen and oxygen atoms in total. The number of hydrogen-bond donors (Lipinski definition) is 7. The molecule has 2 saturated heterocycles. The number of nitrogens with one attached hydrogen (secondary N) is 6. The topological polar surface area (TPSA) is 186 Å². The SMILES string of the molecule is Cc1[nH]nc(-c2nc3ccc(NC(=O)CNC(=O)C4CCC(=O)O4)cc3[nH]2)c1C(O)NC1CCNCC1. The number of aryl methyl sites for hydroxylation is 1. The van der Waals surface area contributed by atoms with Gasteiger partial charge < -0.3 is 30.8 Å². The van der Waals surface area contributed by atoms with Gasteiger partial charge in [0.1, 0.15) is 11.9 Å². The van der Waals surface area contributed by atoms with Crippen LogP contribution in [0.3, 0.4) is 0 Å². The minimum atomic E-state index is -0.900. The number of aliphatic hydroxyl groups excluding tert-OH is 1. The molecule has 2 atom stereocenters. The third-order valence-corrected chi connectivity index (χ3v) is 6.59. The number of imidazole rings is 1. The number of cyclic esters (lactones) is 1. The molecule has 2 fully saturated rings. The Labute approximate surface area is 212 Å². The number of ether oxygens (including phenoxy) is 1. The molecule has 196 valence electrons. The number of aliphatic hydroxyl groups is 1. The maximum atomic E-state index is 12.3. The lowest BCUT2D eigenvalue weighted by atomic mass is 10.0. The van der Waals surface area contributed by atoms with Crippen molar-refractivity contribution >= 4 is 34.5 Å². The summed E-state index contributed by atoms with van der Waals surface area (Å²) in [5.74, 6) is -0.838. The van der Waals surface area contributed by atoms with Crippen molar-refractivity contribution in [3.63, 3.8) is 0 Å². The fourth-order valence-electron chi connectivity index (χ4n) is 4.64. The normalized spacial score (nSPS) is 19.1. The molecule has 5 rings (SSSR count). The first-order valence-electron chi connectivity index (χ1n) is 12.3. The van der Waals surface area contributed by atoms with Crippen molar-refractivity contribution in [1.82, 2.24) is 36.1 Å². The van der Waals surface area contributed by atoms with Crippen LogP contribution in [0.25, 0.3) is 22.6 Å². The summed E-state index contributed by atoms with van der Waals surface area (Å²) in [6, 6.07) is 5.39. The number of carbonyl (C=O) groups is 3. The van der Waals surface area contributed by atoms with Crippen molar-refractivity contribution < 1.29 is 24.2 Å². The molecule has 0 saturated carbocycles. The van der Waals surface area contributed by atoms with E-state index in [0.717, 1.165) is 31.6 Å². The van der Waals surface area contributed by atoms with Crippen molar-refractivity contribution in [3.05, 3.63) is 29.5 Å². The molecular weight excluding hydrogens is 480 g/mol. The van der Waals surface area contributed by atoms with Crippen LogP contribution < -0.4 is 21.3 Å². The molecule has 2 aromatic heterocycles. The summed E-state index contributed by atoms with van der Waals surface area (Å²) in [6.07, 6.45) is 0.629. The first-order chi connectivity index (χ1) is 17.9. The number of carbonyl (C=O) groups excluding carboxylic acids is 3. The minimum Gasteiger partial charge on any atom is -0.452 e. The summed E-state index contributed by atoms with van der Waals surface area (Å²) in [7, 11) is 0. The molecule has 37 heavy (non-hydrogen) atoms. The second-order valence-corrected chi connectivity index (χ2v) is 9.30. The van der Waals surface area contributed by atoms with Crippen LogP contribution in [-0.4, -0.2) is 74.8 Å². The Morgan fingerprint density at radius 2 is 2.05 bits per heavy atom. The van der Waals surface area contributed by atoms with Gasteiger partial charge in [-0.3, -0.25) is 24.8 Å². The molecule has 0 aliphatic carbocycles. The largest absolute Gasteiger partial charge is 0.452 e. The summed E-state index contributed by atoms with van der Waals surface area (Å²) in [4.78, 5) is 43.4. The molecule has 13 heteroatoms. The second-order valence-electron chi connectivity index (χ2n) is 9.30. The Morgan fingerprint density at radius 1 is 1.24 bits per heavy atom. The molecule has 2 aliphatic rings. The molecular formula is C24H30N8O5. The summed E-state index contributed by atoms with van der Waals surface area (Å²) in [5, 5.41) is 30.1. The maximum Gasteiger partial charge on any atom is 0.306 e. The van der Waals surface area contributed by atoms with Crippen LogP contribution in [0.4, 0.5) is 5.69 Å². The number of esters is 1. The highest BCUT2D eigenvalue weighted by molar-refractivity contribution is 5.97. The molecule has 2 aliphatic heterocycles. The highest BCUT2D eigenvalue weighted by Crippen LogP contribution is 2.29. The first kappa shape index (κ1) is 24.9. The van der Waals surface area contributed by atoms with E-state index in [0.29, 0.717) is 40.2 Å². The maximum absolute atomic E-state index is 12.3. The van der Waals surface area contributed by atoms with Crippen LogP contribution in [0, 0.1) is 6.92 Å². The van der Waals surface area contributed by atoms with E-state index in [-0.39, 0.29) is 19.0 Å². The number of piperidine rings is 1. The predicted octanol–water partition coefficient (Wildman–Crippen LogP) is 0.354. The van der Waals surface area contributed by atoms with Crippen LogP contribution in [0.15, 0.2) is 18.2 Å². The molecule has 0 radical (unpaired) electrons. The van der Waals surface area contributed by atoms with Crippen LogP contribution in [0.5, 0.6) is 0 Å². The number of nitrogens with zero attached hydrogens (tertiary/aromatic N) is 2. The zero-order chi connectivity index (χ0) is 25.9. The predicted molar refractivity (Wildman–Crippen MR) is 133 cm³/mol. The zero-order valence-electron chi connectivity index (χ0n) is 20.4. The Balaban J connectivity index is 1.25. The Bertz CT molecular complexity index is 1310. The molecule has 4 heterocycles. The van der Waals surface area contributed by atoms with Gasteiger partial charge in [-0.15, -0.1) is 0 Å². The average Bonchev–Trinajstić information content (AvgIpc) is 3.60. The average molecular weight is 511 g/mol. The number of amides is 2. The van der Waals surface area contributed by atoms with E-state index < -0.39 is 30.1 Å². The molecule has 2 amide bonds. The van der Waals surface area contributed by atoms with Crippen molar-refractivity contribution in [2.45, 2.75) is 51.0 Å². The van der Waals surface area contributed by atoms with Crippen molar-refractivity contribution in [3.8, 4) is 11.5 Å². The van der Waals surface area contributed by atoms with Gasteiger partial charge >= 0.3 is 5.97 Å². The van der Waals surface area contributed by atoms with Gasteiger partial charge in [-0.2, -0.15) is 5.10 Å². The number of anilines is 1. The Hall–Kier alpha value is -3.81. The standard InChI is InChI=1S/C24H30N8O5/c1-12-20(24(36)28-13-6-8-25-9-7-13)21(32-31-12)22-29-15-3-2-14(10-16(15)30-22)27-18(33)11-26-23(35)17-4-5-19(34)37-17/h2-3,10,13,17,24-25,28,36H,4-9,11H2,1H3,(H,26,35)(H,27,33)(H,29,30)(H,31,32). The number of H-pyrrole nitrogens is 2. The van der Waals surface area contributed by atoms with Gasteiger partial charge in [-0.05, 0) is 51.1 Å². The number of benzene rings is 1. The Kier molecular flexibility index (Phi) is 7.17. The first-order valence-corrected chi connectivity index (χ1v) is 12.3. The highest BCUT2D eigenvalue weighted by Gasteiger charge is 2.30. The van der Waals surface area contributed by atoms with Crippen molar-refractivity contribution in [2.75, 3.05) is 25.0 Å². The fourth-order valence-corrected chi connectivity index (χ4v) is 4.64. The van der Waals surface area contributed by atoms with E-state index in [4.69, 9.17) is 4.74 Å². The molecule has 0 spiro atoms. The lowest BCUT2D eigenvalue weighted by Gasteiger charge is -2.26. The molecule has 1 aromatic carbocycles. The molecule has 2 unspecified atom stereocenters. The highest BCUT2D eigenvalue weighted by atomic mass is 16.6. The van der Waals surface area contributed by atoms with E-state index in [1.54, 1.807) is 18.2 Å². The smallest absolute Gasteiger partial charge is 0.306 e. The van der Waals surface area contributed by atoms with E-state index in [1.165, 1.54) is 0 Å². The zero-order valence-corrected chi connectivity index (χ0v) is 20.4. The van der Waals surface area contributed by atoms with Gasteiger partial charge in [0.25, 0.3) is 5.91 Å². The lowest BCUT2D eigenvalue weighted by Crippen LogP contribution is -2.41. The summed E-state index contributed by atoms with van der Waals surface area (Å²) in [6.45, 7) is 3.42. The van der Waals surface area contributed by atoms with Crippen LogP contribution in [0.1, 0.15) is 43.2 Å². The van der Waals surface area contributed by atoms with Crippen molar-refractivity contribution in [2.24, 2.45) is 0 Å². The third-order valence-electron chi connectivity index (χ3n) is 6.59. The van der Waals surface area contributed by atoms with E-state index in [1.807, 2.05) is 6.92 Å². The van der Waals surface area contributed by atoms with Gasteiger partial charge in [0.05, 0.1) is 17.6 Å². The lowest BCUT2D eigenvalue weighted by molar-refractivity contribution is -0.148. The van der Waals surface area contributed by atoms with Gasteiger partial charge in [0.15, 0.2) is 11.9 Å². The van der Waals surface area contributed by atoms with E-state index in [2.05, 4.69) is 41.4 Å². The van der Waals surface area contributed by atoms with Gasteiger partial charge in [0, 0.05) is 35.8 Å². The number of rotatable bonds is 8. The number of fused-ring (bicyclic) bond motifs is 1. The third kappa shape index (κ3) is 5.63. The molecule has 3 aromatic rings. The van der Waals surface area contributed by atoms with Crippen LogP contribution in [-0.2, 0) is 19.1 Å². The summed E-state index contributed by atoms with van der Waals surface area (Å²) in [5.41, 5.74) is 3.74. The summed E-state index contributed by atoms with van der Waals surface area (Å²) >= 11 is 0. The van der Waals surface area contributed by atoms with Crippen molar-refractivity contribution in [1.29, 1.82) is 0 Å². The van der Waals surface area contributed by atoms with E-state index >= 15 is 0 Å². The Morgan fingerprint density at radius 3 is 2.81 bits per heavy atom. The van der Waals surface area contributed by atoms with E-state index in [9.17, 15) is 19.5 Å². The number of aromatic amines is 2. The molecule has 7 N–H and O–H groups in total. The van der Waals surface area contributed by atoms with Crippen LogP contribution >= 0.6 is 0 Å². The van der Waals surface area contributed by atoms with Crippen LogP contribution in [0.2, 0.25) is 0 Å².